The molecule has 1 N–H and O–H groups in total. The van der Waals surface area contributed by atoms with Crippen LogP contribution in [0.15, 0.2) is 24.3 Å². The molecule has 3 fully saturated rings. The van der Waals surface area contributed by atoms with Crippen LogP contribution in [0.4, 0.5) is 0 Å². The number of hydrogen-bond donors (Lipinski definition) is 1. The lowest BCUT2D eigenvalue weighted by Gasteiger charge is -2.35. The monoisotopic (exact) mass is 372 g/mol. The predicted molar refractivity (Wildman–Crippen MR) is 101 cm³/mol. The standard InChI is InChI=1S/C21H28N2O4/c1-2-19(24)14-5-7-18(8-6-14)26-13-21(25)22-16-9-17-12-27-20(15-3-4-15)11-23(17)10-16/h5-8,15-17,20H,2-4,9-13H2,1H3,(H,22,25)/t16-,17-,20+/m0/s1. The molecule has 6 nitrogen and oxygen atoms in total. The minimum atomic E-state index is -0.104. The number of benzene rings is 1. The molecule has 1 aromatic rings. The van der Waals surface area contributed by atoms with E-state index in [0.29, 0.717) is 29.9 Å². The molecule has 0 bridgehead atoms. The molecule has 0 unspecified atom stereocenters. The van der Waals surface area contributed by atoms with Crippen LogP contribution in [0.3, 0.4) is 0 Å². The van der Waals surface area contributed by atoms with Crippen LogP contribution in [-0.4, -0.2) is 61.1 Å². The highest BCUT2D eigenvalue weighted by Crippen LogP contribution is 2.37. The second kappa shape index (κ2) is 7.98. The number of Topliss-reactive ketones (excluding diaryl/α,β-unsaturated/α-hetero) is 1. The van der Waals surface area contributed by atoms with Gasteiger partial charge in [-0.1, -0.05) is 6.92 Å². The fraction of sp³-hybridized carbons (Fsp3) is 0.619. The van der Waals surface area contributed by atoms with E-state index in [1.54, 1.807) is 24.3 Å². The van der Waals surface area contributed by atoms with Gasteiger partial charge >= 0.3 is 0 Å². The number of ether oxygens (including phenoxy) is 2. The van der Waals surface area contributed by atoms with Gasteiger partial charge < -0.3 is 14.8 Å². The molecule has 1 amide bonds. The summed E-state index contributed by atoms with van der Waals surface area (Å²) in [6, 6.07) is 7.55. The predicted octanol–water partition coefficient (Wildman–Crippen LogP) is 2.03. The first-order valence-corrected chi connectivity index (χ1v) is 10.0. The Hall–Kier alpha value is -1.92. The van der Waals surface area contributed by atoms with Crippen molar-refractivity contribution in [3.05, 3.63) is 29.8 Å². The van der Waals surface area contributed by atoms with Crippen LogP contribution in [-0.2, 0) is 9.53 Å². The van der Waals surface area contributed by atoms with Crippen molar-refractivity contribution in [2.24, 2.45) is 5.92 Å². The largest absolute Gasteiger partial charge is 0.484 e. The minimum Gasteiger partial charge on any atom is -0.484 e. The number of morpholine rings is 1. The van der Waals surface area contributed by atoms with Gasteiger partial charge in [-0.05, 0) is 49.4 Å². The van der Waals surface area contributed by atoms with Crippen molar-refractivity contribution in [3.63, 3.8) is 0 Å². The maximum Gasteiger partial charge on any atom is 0.258 e. The maximum absolute atomic E-state index is 12.2. The number of carbonyl (C=O) groups is 2. The summed E-state index contributed by atoms with van der Waals surface area (Å²) in [4.78, 5) is 26.4. The summed E-state index contributed by atoms with van der Waals surface area (Å²) in [5.74, 6) is 1.35. The molecule has 6 heteroatoms. The number of carbonyl (C=O) groups excluding carboxylic acids is 2. The summed E-state index contributed by atoms with van der Waals surface area (Å²) in [6.07, 6.45) is 4.41. The van der Waals surface area contributed by atoms with E-state index < -0.39 is 0 Å². The van der Waals surface area contributed by atoms with E-state index in [4.69, 9.17) is 9.47 Å². The number of nitrogens with zero attached hydrogens (tertiary/aromatic N) is 1. The van der Waals surface area contributed by atoms with Crippen molar-refractivity contribution < 1.29 is 19.1 Å². The summed E-state index contributed by atoms with van der Waals surface area (Å²) >= 11 is 0. The second-order valence-electron chi connectivity index (χ2n) is 7.91. The average Bonchev–Trinajstić information content (AvgIpc) is 3.46. The molecular formula is C21H28N2O4. The molecule has 1 aliphatic carbocycles. The summed E-state index contributed by atoms with van der Waals surface area (Å²) in [5, 5.41) is 3.09. The molecule has 146 valence electrons. The number of ketones is 1. The Balaban J connectivity index is 1.21. The molecule has 3 aliphatic rings. The molecular weight excluding hydrogens is 344 g/mol. The van der Waals surface area contributed by atoms with Crippen molar-refractivity contribution in [2.45, 2.75) is 50.8 Å². The summed E-state index contributed by atoms with van der Waals surface area (Å²) in [7, 11) is 0. The first kappa shape index (κ1) is 18.4. The van der Waals surface area contributed by atoms with Gasteiger partial charge in [0.2, 0.25) is 0 Å². The van der Waals surface area contributed by atoms with Crippen LogP contribution < -0.4 is 10.1 Å². The van der Waals surface area contributed by atoms with Crippen LogP contribution in [0.25, 0.3) is 0 Å². The van der Waals surface area contributed by atoms with E-state index in [2.05, 4.69) is 10.2 Å². The zero-order valence-corrected chi connectivity index (χ0v) is 15.9. The Morgan fingerprint density at radius 2 is 2.00 bits per heavy atom. The SMILES string of the molecule is CCC(=O)c1ccc(OCC(=O)N[C@H]2C[C@H]3CO[C@@H](C4CC4)CN3C2)cc1. The fourth-order valence-electron chi connectivity index (χ4n) is 4.12. The number of rotatable bonds is 7. The van der Waals surface area contributed by atoms with Gasteiger partial charge in [0.15, 0.2) is 12.4 Å². The topological polar surface area (TPSA) is 67.9 Å². The Kier molecular flexibility index (Phi) is 5.45. The van der Waals surface area contributed by atoms with Gasteiger partial charge in [-0.2, -0.15) is 0 Å². The Labute approximate surface area is 160 Å². The van der Waals surface area contributed by atoms with Gasteiger partial charge in [0.05, 0.1) is 12.7 Å². The number of fused-ring (bicyclic) bond motifs is 1. The summed E-state index contributed by atoms with van der Waals surface area (Å²) < 4.78 is 11.6. The van der Waals surface area contributed by atoms with Crippen LogP contribution in [0.1, 0.15) is 43.0 Å². The molecule has 0 aromatic heterocycles. The molecule has 0 spiro atoms. The zero-order valence-electron chi connectivity index (χ0n) is 15.9. The van der Waals surface area contributed by atoms with Crippen molar-refractivity contribution in [2.75, 3.05) is 26.3 Å². The first-order valence-electron chi connectivity index (χ1n) is 10.0. The molecule has 2 aliphatic heterocycles. The lowest BCUT2D eigenvalue weighted by atomic mass is 10.1. The van der Waals surface area contributed by atoms with Gasteiger partial charge in [0.1, 0.15) is 5.75 Å². The van der Waals surface area contributed by atoms with Crippen molar-refractivity contribution in [3.8, 4) is 5.75 Å². The Bertz CT molecular complexity index is 686. The minimum absolute atomic E-state index is 0.0105. The van der Waals surface area contributed by atoms with Gasteiger partial charge in [0, 0.05) is 37.2 Å². The van der Waals surface area contributed by atoms with E-state index in [9.17, 15) is 9.59 Å². The summed E-state index contributed by atoms with van der Waals surface area (Å²) in [5.41, 5.74) is 0.670. The van der Waals surface area contributed by atoms with E-state index in [1.807, 2.05) is 6.92 Å². The highest BCUT2D eigenvalue weighted by atomic mass is 16.5. The lowest BCUT2D eigenvalue weighted by molar-refractivity contribution is -0.123. The molecule has 2 saturated heterocycles. The van der Waals surface area contributed by atoms with Gasteiger partial charge in [0.25, 0.3) is 5.91 Å². The highest BCUT2D eigenvalue weighted by Gasteiger charge is 2.42. The first-order chi connectivity index (χ1) is 13.1. The third-order valence-corrected chi connectivity index (χ3v) is 5.83. The van der Waals surface area contributed by atoms with Gasteiger partial charge in [-0.15, -0.1) is 0 Å². The molecule has 1 saturated carbocycles. The fourth-order valence-corrected chi connectivity index (χ4v) is 4.12. The maximum atomic E-state index is 12.2. The molecule has 2 heterocycles. The lowest BCUT2D eigenvalue weighted by Crippen LogP contribution is -2.47. The average molecular weight is 372 g/mol. The van der Waals surface area contributed by atoms with Crippen LogP contribution in [0.2, 0.25) is 0 Å². The summed E-state index contributed by atoms with van der Waals surface area (Å²) in [6.45, 7) is 4.51. The molecule has 4 rings (SSSR count). The van der Waals surface area contributed by atoms with Gasteiger partial charge in [-0.3, -0.25) is 14.5 Å². The molecule has 0 radical (unpaired) electrons. The van der Waals surface area contributed by atoms with Crippen LogP contribution in [0.5, 0.6) is 5.75 Å². The van der Waals surface area contributed by atoms with E-state index in [1.165, 1.54) is 12.8 Å². The van der Waals surface area contributed by atoms with Gasteiger partial charge in [-0.25, -0.2) is 0 Å². The van der Waals surface area contributed by atoms with Crippen molar-refractivity contribution in [1.82, 2.24) is 10.2 Å². The van der Waals surface area contributed by atoms with Crippen molar-refractivity contribution in [1.29, 1.82) is 0 Å². The molecule has 1 aromatic carbocycles. The normalized spacial score (nSPS) is 27.8. The smallest absolute Gasteiger partial charge is 0.258 e. The van der Waals surface area contributed by atoms with Crippen LogP contribution in [0, 0.1) is 5.92 Å². The zero-order chi connectivity index (χ0) is 18.8. The highest BCUT2D eigenvalue weighted by molar-refractivity contribution is 5.95. The van der Waals surface area contributed by atoms with Crippen LogP contribution >= 0.6 is 0 Å². The second-order valence-corrected chi connectivity index (χ2v) is 7.91. The van der Waals surface area contributed by atoms with Crippen molar-refractivity contribution >= 4 is 11.7 Å². The number of amides is 1. The van der Waals surface area contributed by atoms with E-state index in [0.717, 1.165) is 32.0 Å². The molecule has 27 heavy (non-hydrogen) atoms. The Morgan fingerprint density at radius 3 is 2.70 bits per heavy atom. The third-order valence-electron chi connectivity index (χ3n) is 5.83. The van der Waals surface area contributed by atoms with E-state index >= 15 is 0 Å². The third kappa shape index (κ3) is 4.50. The quantitative estimate of drug-likeness (QED) is 0.742. The number of nitrogens with one attached hydrogen (secondary N) is 1. The molecule has 3 atom stereocenters. The number of hydrogen-bond acceptors (Lipinski definition) is 5. The van der Waals surface area contributed by atoms with E-state index in [-0.39, 0.29) is 24.3 Å². The Morgan fingerprint density at radius 1 is 1.22 bits per heavy atom.